The Morgan fingerprint density at radius 2 is 1.70 bits per heavy atom. The summed E-state index contributed by atoms with van der Waals surface area (Å²) >= 11 is 0. The Morgan fingerprint density at radius 1 is 0.939 bits per heavy atom. The third kappa shape index (κ3) is 4.16. The van der Waals surface area contributed by atoms with Gasteiger partial charge in [-0.15, -0.1) is 0 Å². The van der Waals surface area contributed by atoms with Gasteiger partial charge >= 0.3 is 0 Å². The van der Waals surface area contributed by atoms with Gasteiger partial charge in [0.05, 0.1) is 12.1 Å². The molecule has 1 saturated heterocycles. The van der Waals surface area contributed by atoms with Crippen LogP contribution in [-0.2, 0) is 11.2 Å². The van der Waals surface area contributed by atoms with E-state index < -0.39 is 0 Å². The highest BCUT2D eigenvalue weighted by Crippen LogP contribution is 2.40. The van der Waals surface area contributed by atoms with Gasteiger partial charge in [0, 0.05) is 6.54 Å². The average molecular weight is 448 g/mol. The molecule has 0 amide bonds. The highest BCUT2D eigenvalue weighted by Gasteiger charge is 2.37. The van der Waals surface area contributed by atoms with Crippen LogP contribution in [0.3, 0.4) is 0 Å². The minimum atomic E-state index is -0.196. The maximum absolute atomic E-state index is 13.8. The molecule has 2 fully saturated rings. The van der Waals surface area contributed by atoms with Crippen LogP contribution in [0, 0.1) is 11.7 Å². The molecular formula is C28H34FN3O. The normalized spacial score (nSPS) is 26.2. The summed E-state index contributed by atoms with van der Waals surface area (Å²) in [5.74, 6) is 1.11. The van der Waals surface area contributed by atoms with E-state index in [4.69, 9.17) is 9.73 Å². The fourth-order valence-corrected chi connectivity index (χ4v) is 6.37. The lowest BCUT2D eigenvalue weighted by atomic mass is 9.85. The van der Waals surface area contributed by atoms with Gasteiger partial charge in [0.2, 0.25) is 0 Å². The molecule has 0 aromatic heterocycles. The molecule has 3 aliphatic heterocycles. The van der Waals surface area contributed by atoms with Crippen LogP contribution in [0.25, 0.3) is 0 Å². The van der Waals surface area contributed by atoms with Crippen LogP contribution in [0.1, 0.15) is 72.7 Å². The summed E-state index contributed by atoms with van der Waals surface area (Å²) < 4.78 is 20.0. The summed E-state index contributed by atoms with van der Waals surface area (Å²) in [6, 6.07) is 15.1. The predicted octanol–water partition coefficient (Wildman–Crippen LogP) is 5.19. The first-order valence-electron chi connectivity index (χ1n) is 12.8. The number of rotatable bonds is 3. The lowest BCUT2D eigenvalue weighted by Crippen LogP contribution is -2.40. The van der Waals surface area contributed by atoms with Crippen LogP contribution in [-0.4, -0.2) is 43.2 Å². The number of piperidine rings is 1. The van der Waals surface area contributed by atoms with Crippen molar-refractivity contribution in [3.8, 4) is 0 Å². The highest BCUT2D eigenvalue weighted by molar-refractivity contribution is 5.77. The second kappa shape index (κ2) is 9.09. The number of aliphatic imine (C=N–C) groups is 1. The number of nitrogens with one attached hydrogen (secondary N) is 1. The van der Waals surface area contributed by atoms with E-state index in [-0.39, 0.29) is 17.9 Å². The van der Waals surface area contributed by atoms with Crippen LogP contribution >= 0.6 is 0 Å². The number of halogens is 1. The van der Waals surface area contributed by atoms with Crippen molar-refractivity contribution >= 4 is 6.02 Å². The van der Waals surface area contributed by atoms with Gasteiger partial charge in [-0.1, -0.05) is 43.2 Å². The van der Waals surface area contributed by atoms with E-state index in [1.54, 1.807) is 12.1 Å². The number of nitrogens with zero attached hydrogens (tertiary/aromatic N) is 2. The van der Waals surface area contributed by atoms with Crippen molar-refractivity contribution in [1.82, 2.24) is 10.2 Å². The molecule has 0 spiro atoms. The number of fused-ring (bicyclic) bond motifs is 1. The standard InChI is InChI=1S/C28H34FN3O/c29-24-8-5-21(6-9-24)27-25-10-7-22(19-3-1-2-4-19)17-23(25)13-16-32(27)28-31-26(18-33-28)20-11-14-30-15-12-20/h5-10,17,19-20,26-27,30H,1-4,11-16,18H2/t26-,27-/m0/s1. The predicted molar refractivity (Wildman–Crippen MR) is 129 cm³/mol. The minimum absolute atomic E-state index is 0.0116. The molecule has 0 unspecified atom stereocenters. The Balaban J connectivity index is 1.33. The SMILES string of the molecule is Fc1ccc([C@H]2c3ccc(C4CCCC4)cc3CCN2C2=N[C@H](C3CCNCC3)CO2)cc1. The Labute approximate surface area is 196 Å². The second-order valence-corrected chi connectivity index (χ2v) is 10.2. The first-order chi connectivity index (χ1) is 16.3. The molecule has 1 saturated carbocycles. The lowest BCUT2D eigenvalue weighted by Gasteiger charge is -2.38. The fourth-order valence-electron chi connectivity index (χ4n) is 6.37. The number of ether oxygens (including phenoxy) is 1. The lowest BCUT2D eigenvalue weighted by molar-refractivity contribution is 0.204. The van der Waals surface area contributed by atoms with Crippen LogP contribution in [0.4, 0.5) is 4.39 Å². The van der Waals surface area contributed by atoms with Gasteiger partial charge in [-0.3, -0.25) is 0 Å². The molecule has 1 aliphatic carbocycles. The second-order valence-electron chi connectivity index (χ2n) is 10.2. The van der Waals surface area contributed by atoms with Crippen molar-refractivity contribution in [2.24, 2.45) is 10.9 Å². The zero-order valence-electron chi connectivity index (χ0n) is 19.3. The van der Waals surface area contributed by atoms with Crippen molar-refractivity contribution < 1.29 is 9.13 Å². The minimum Gasteiger partial charge on any atom is -0.463 e. The van der Waals surface area contributed by atoms with Crippen LogP contribution in [0.5, 0.6) is 0 Å². The summed E-state index contributed by atoms with van der Waals surface area (Å²) in [4.78, 5) is 7.43. The molecule has 5 heteroatoms. The third-order valence-electron chi connectivity index (χ3n) is 8.24. The Kier molecular flexibility index (Phi) is 5.83. The van der Waals surface area contributed by atoms with Gasteiger partial charge in [0.1, 0.15) is 12.4 Å². The molecular weight excluding hydrogens is 413 g/mol. The van der Waals surface area contributed by atoms with Crippen molar-refractivity contribution in [1.29, 1.82) is 0 Å². The van der Waals surface area contributed by atoms with E-state index in [9.17, 15) is 4.39 Å². The van der Waals surface area contributed by atoms with Crippen LogP contribution < -0.4 is 5.32 Å². The van der Waals surface area contributed by atoms with Gasteiger partial charge in [0.25, 0.3) is 6.02 Å². The molecule has 174 valence electrons. The molecule has 3 heterocycles. The van der Waals surface area contributed by atoms with E-state index >= 15 is 0 Å². The summed E-state index contributed by atoms with van der Waals surface area (Å²) in [6.45, 7) is 3.70. The molecule has 2 aromatic rings. The van der Waals surface area contributed by atoms with Crippen molar-refractivity contribution in [2.45, 2.75) is 62.9 Å². The molecule has 6 rings (SSSR count). The Bertz CT molecular complexity index is 1010. The van der Waals surface area contributed by atoms with Crippen molar-refractivity contribution in [2.75, 3.05) is 26.2 Å². The largest absolute Gasteiger partial charge is 0.463 e. The molecule has 1 N–H and O–H groups in total. The first kappa shape index (κ1) is 21.2. The van der Waals surface area contributed by atoms with Gasteiger partial charge in [-0.05, 0) is 91.4 Å². The van der Waals surface area contributed by atoms with Gasteiger partial charge in [-0.25, -0.2) is 9.38 Å². The molecule has 0 bridgehead atoms. The number of hydrogen-bond donors (Lipinski definition) is 1. The zero-order chi connectivity index (χ0) is 22.2. The molecule has 0 radical (unpaired) electrons. The monoisotopic (exact) mass is 447 g/mol. The van der Waals surface area contributed by atoms with Crippen molar-refractivity contribution in [3.05, 3.63) is 70.5 Å². The Morgan fingerprint density at radius 3 is 2.48 bits per heavy atom. The number of hydrogen-bond acceptors (Lipinski definition) is 4. The highest BCUT2D eigenvalue weighted by atomic mass is 19.1. The number of amidine groups is 1. The van der Waals surface area contributed by atoms with Crippen LogP contribution in [0.2, 0.25) is 0 Å². The van der Waals surface area contributed by atoms with E-state index in [1.165, 1.54) is 55.2 Å². The number of benzene rings is 2. The van der Waals surface area contributed by atoms with Gasteiger partial charge < -0.3 is 15.0 Å². The maximum atomic E-state index is 13.8. The quantitative estimate of drug-likeness (QED) is 0.704. The van der Waals surface area contributed by atoms with Crippen molar-refractivity contribution in [3.63, 3.8) is 0 Å². The Hall–Kier alpha value is -2.40. The van der Waals surface area contributed by atoms with Gasteiger partial charge in [-0.2, -0.15) is 0 Å². The summed E-state index contributed by atoms with van der Waals surface area (Å²) in [5.41, 5.74) is 5.34. The van der Waals surface area contributed by atoms with E-state index in [0.29, 0.717) is 18.4 Å². The molecule has 4 nitrogen and oxygen atoms in total. The zero-order valence-corrected chi connectivity index (χ0v) is 19.3. The van der Waals surface area contributed by atoms with Gasteiger partial charge in [0.15, 0.2) is 0 Å². The van der Waals surface area contributed by atoms with E-state index in [1.807, 2.05) is 12.1 Å². The molecule has 2 aromatic carbocycles. The summed E-state index contributed by atoms with van der Waals surface area (Å²) in [6.07, 6.45) is 8.65. The average Bonchev–Trinajstić information content (AvgIpc) is 3.57. The van der Waals surface area contributed by atoms with E-state index in [0.717, 1.165) is 37.6 Å². The fraction of sp³-hybridized carbons (Fsp3) is 0.536. The molecule has 33 heavy (non-hydrogen) atoms. The smallest absolute Gasteiger partial charge is 0.288 e. The first-order valence-corrected chi connectivity index (χ1v) is 12.8. The third-order valence-corrected chi connectivity index (χ3v) is 8.24. The topological polar surface area (TPSA) is 36.9 Å². The van der Waals surface area contributed by atoms with E-state index in [2.05, 4.69) is 28.4 Å². The summed E-state index contributed by atoms with van der Waals surface area (Å²) in [7, 11) is 0. The summed E-state index contributed by atoms with van der Waals surface area (Å²) in [5, 5.41) is 3.45. The molecule has 4 aliphatic rings. The molecule has 2 atom stereocenters. The maximum Gasteiger partial charge on any atom is 0.288 e. The van der Waals surface area contributed by atoms with Crippen LogP contribution in [0.15, 0.2) is 47.5 Å².